The van der Waals surface area contributed by atoms with Crippen LogP contribution < -0.4 is 0 Å². The predicted molar refractivity (Wildman–Crippen MR) is 79.2 cm³/mol. The fourth-order valence-corrected chi connectivity index (χ4v) is 2.73. The molecule has 0 aliphatic rings. The lowest BCUT2D eigenvalue weighted by Gasteiger charge is -2.27. The minimum absolute atomic E-state index is 0.0966. The zero-order chi connectivity index (χ0) is 15.0. The van der Waals surface area contributed by atoms with E-state index in [1.54, 1.807) is 0 Å². The zero-order valence-electron chi connectivity index (χ0n) is 13.2. The van der Waals surface area contributed by atoms with Gasteiger partial charge < -0.3 is 5.11 Å². The molecule has 106 valence electrons. The van der Waals surface area contributed by atoms with E-state index in [-0.39, 0.29) is 11.7 Å². The summed E-state index contributed by atoms with van der Waals surface area (Å²) in [4.78, 5) is 12.3. The third-order valence-electron chi connectivity index (χ3n) is 3.66. The quantitative estimate of drug-likeness (QED) is 0.897. The molecule has 1 aromatic rings. The first-order valence-electron chi connectivity index (χ1n) is 6.86. The summed E-state index contributed by atoms with van der Waals surface area (Å²) in [6.07, 6.45) is -0.729. The Hall–Kier alpha value is -1.15. The van der Waals surface area contributed by atoms with Crippen molar-refractivity contribution < 1.29 is 9.90 Å². The molecule has 1 aromatic carbocycles. The Kier molecular flexibility index (Phi) is 4.57. The Morgan fingerprint density at radius 1 is 1.11 bits per heavy atom. The summed E-state index contributed by atoms with van der Waals surface area (Å²) in [5, 5.41) is 10.6. The topological polar surface area (TPSA) is 37.3 Å². The van der Waals surface area contributed by atoms with Gasteiger partial charge in [0.15, 0.2) is 0 Å². The lowest BCUT2D eigenvalue weighted by atomic mass is 9.78. The number of rotatable bonds is 3. The Balaban J connectivity index is 3.14. The Morgan fingerprint density at radius 2 is 1.53 bits per heavy atom. The van der Waals surface area contributed by atoms with E-state index in [2.05, 4.69) is 12.1 Å². The number of aryl methyl sites for hydroxylation is 3. The third kappa shape index (κ3) is 3.44. The summed E-state index contributed by atoms with van der Waals surface area (Å²) in [6.45, 7) is 13.5. The van der Waals surface area contributed by atoms with Gasteiger partial charge in [0.2, 0.25) is 0 Å². The van der Waals surface area contributed by atoms with Crippen molar-refractivity contribution in [3.8, 4) is 0 Å². The molecule has 2 nitrogen and oxygen atoms in total. The minimum Gasteiger partial charge on any atom is -0.388 e. The van der Waals surface area contributed by atoms with Gasteiger partial charge in [-0.3, -0.25) is 4.79 Å². The molecule has 2 atom stereocenters. The van der Waals surface area contributed by atoms with Crippen LogP contribution in [-0.4, -0.2) is 10.9 Å². The van der Waals surface area contributed by atoms with Crippen LogP contribution in [0.2, 0.25) is 0 Å². The van der Waals surface area contributed by atoms with Gasteiger partial charge in [-0.2, -0.15) is 0 Å². The second kappa shape index (κ2) is 5.46. The number of benzene rings is 1. The molecule has 1 rings (SSSR count). The van der Waals surface area contributed by atoms with Crippen LogP contribution in [0.3, 0.4) is 0 Å². The zero-order valence-corrected chi connectivity index (χ0v) is 13.2. The standard InChI is InChI=1S/C17H26O2/c1-10-8-11(2)14(12(3)9-10)15(18)13(4)16(19)17(5,6)7/h8-9,13,15,18H,1-7H3/t13-,15+/m1/s1. The normalized spacial score (nSPS) is 15.2. The molecule has 0 saturated carbocycles. The van der Waals surface area contributed by atoms with Gasteiger partial charge >= 0.3 is 0 Å². The lowest BCUT2D eigenvalue weighted by Crippen LogP contribution is -2.31. The lowest BCUT2D eigenvalue weighted by molar-refractivity contribution is -0.133. The number of carbonyl (C=O) groups excluding carboxylic acids is 1. The van der Waals surface area contributed by atoms with Gasteiger partial charge in [-0.25, -0.2) is 0 Å². The molecule has 0 amide bonds. The molecule has 0 radical (unpaired) electrons. The summed E-state index contributed by atoms with van der Waals surface area (Å²) in [7, 11) is 0. The first-order valence-corrected chi connectivity index (χ1v) is 6.86. The summed E-state index contributed by atoms with van der Waals surface area (Å²) < 4.78 is 0. The van der Waals surface area contributed by atoms with E-state index in [1.165, 1.54) is 5.56 Å². The van der Waals surface area contributed by atoms with Crippen LogP contribution in [-0.2, 0) is 4.79 Å². The number of Topliss-reactive ketones (excluding diaryl/α,β-unsaturated/α-hetero) is 1. The Morgan fingerprint density at radius 3 is 1.89 bits per heavy atom. The van der Waals surface area contributed by atoms with E-state index in [1.807, 2.05) is 48.5 Å². The van der Waals surface area contributed by atoms with Gasteiger partial charge in [0.25, 0.3) is 0 Å². The maximum atomic E-state index is 12.3. The molecule has 2 heteroatoms. The number of aliphatic hydroxyl groups excluding tert-OH is 1. The molecule has 1 N–H and O–H groups in total. The molecule has 0 saturated heterocycles. The number of hydrogen-bond donors (Lipinski definition) is 1. The van der Waals surface area contributed by atoms with Crippen LogP contribution in [0, 0.1) is 32.1 Å². The highest BCUT2D eigenvalue weighted by atomic mass is 16.3. The largest absolute Gasteiger partial charge is 0.388 e. The highest BCUT2D eigenvalue weighted by molar-refractivity contribution is 5.86. The van der Waals surface area contributed by atoms with Crippen LogP contribution in [0.25, 0.3) is 0 Å². The maximum absolute atomic E-state index is 12.3. The van der Waals surface area contributed by atoms with Crippen molar-refractivity contribution in [1.29, 1.82) is 0 Å². The summed E-state index contributed by atoms with van der Waals surface area (Å²) >= 11 is 0. The molecule has 0 aliphatic heterocycles. The number of ketones is 1. The van der Waals surface area contributed by atoms with Gasteiger partial charge in [0.05, 0.1) is 6.10 Å². The van der Waals surface area contributed by atoms with Crippen molar-refractivity contribution in [2.75, 3.05) is 0 Å². The van der Waals surface area contributed by atoms with Gasteiger partial charge in [-0.1, -0.05) is 45.4 Å². The van der Waals surface area contributed by atoms with Crippen molar-refractivity contribution in [3.05, 3.63) is 34.4 Å². The van der Waals surface area contributed by atoms with E-state index >= 15 is 0 Å². The summed E-state index contributed by atoms with van der Waals surface area (Å²) in [5.41, 5.74) is 3.76. The van der Waals surface area contributed by atoms with Gasteiger partial charge in [-0.15, -0.1) is 0 Å². The molecular weight excluding hydrogens is 236 g/mol. The number of carbonyl (C=O) groups is 1. The van der Waals surface area contributed by atoms with Crippen molar-refractivity contribution in [2.24, 2.45) is 11.3 Å². The molecule has 0 fully saturated rings. The van der Waals surface area contributed by atoms with Crippen LogP contribution >= 0.6 is 0 Å². The van der Waals surface area contributed by atoms with Crippen LogP contribution in [0.4, 0.5) is 0 Å². The van der Waals surface area contributed by atoms with Crippen molar-refractivity contribution in [1.82, 2.24) is 0 Å². The second-order valence-corrected chi connectivity index (χ2v) is 6.66. The first-order chi connectivity index (χ1) is 8.55. The van der Waals surface area contributed by atoms with Crippen molar-refractivity contribution in [3.63, 3.8) is 0 Å². The van der Waals surface area contributed by atoms with Crippen LogP contribution in [0.15, 0.2) is 12.1 Å². The van der Waals surface area contributed by atoms with E-state index in [4.69, 9.17) is 0 Å². The SMILES string of the molecule is Cc1cc(C)c([C@@H](O)[C@@H](C)C(=O)C(C)(C)C)c(C)c1. The molecule has 0 heterocycles. The third-order valence-corrected chi connectivity index (χ3v) is 3.66. The molecule has 0 bridgehead atoms. The van der Waals surface area contributed by atoms with Gasteiger partial charge in [0.1, 0.15) is 5.78 Å². The van der Waals surface area contributed by atoms with Crippen molar-refractivity contribution in [2.45, 2.75) is 54.6 Å². The molecule has 0 unspecified atom stereocenters. The Bertz CT molecular complexity index is 458. The van der Waals surface area contributed by atoms with E-state index in [0.717, 1.165) is 16.7 Å². The van der Waals surface area contributed by atoms with Crippen LogP contribution in [0.1, 0.15) is 56.1 Å². The fraction of sp³-hybridized carbons (Fsp3) is 0.588. The van der Waals surface area contributed by atoms with E-state index in [9.17, 15) is 9.90 Å². The Labute approximate surface area is 116 Å². The second-order valence-electron chi connectivity index (χ2n) is 6.66. The highest BCUT2D eigenvalue weighted by Crippen LogP contribution is 2.33. The van der Waals surface area contributed by atoms with Crippen molar-refractivity contribution >= 4 is 5.78 Å². The summed E-state index contributed by atoms with van der Waals surface area (Å²) in [6, 6.07) is 4.11. The first kappa shape index (κ1) is 15.9. The van der Waals surface area contributed by atoms with E-state index < -0.39 is 11.5 Å². The molecular formula is C17H26O2. The van der Waals surface area contributed by atoms with Gasteiger partial charge in [0, 0.05) is 11.3 Å². The average Bonchev–Trinajstić information content (AvgIpc) is 2.24. The average molecular weight is 262 g/mol. The molecule has 19 heavy (non-hydrogen) atoms. The molecule has 0 aliphatic carbocycles. The number of hydrogen-bond acceptors (Lipinski definition) is 2. The van der Waals surface area contributed by atoms with Crippen LogP contribution in [0.5, 0.6) is 0 Å². The molecule has 0 spiro atoms. The molecule has 0 aromatic heterocycles. The van der Waals surface area contributed by atoms with Gasteiger partial charge in [-0.05, 0) is 37.5 Å². The predicted octanol–water partition coefficient (Wildman–Crippen LogP) is 3.90. The fourth-order valence-electron chi connectivity index (χ4n) is 2.73. The number of aliphatic hydroxyl groups is 1. The summed E-state index contributed by atoms with van der Waals surface area (Å²) in [5.74, 6) is -0.292. The highest BCUT2D eigenvalue weighted by Gasteiger charge is 2.32. The maximum Gasteiger partial charge on any atom is 0.143 e. The smallest absolute Gasteiger partial charge is 0.143 e. The minimum atomic E-state index is -0.729. The monoisotopic (exact) mass is 262 g/mol. The van der Waals surface area contributed by atoms with E-state index in [0.29, 0.717) is 0 Å².